The van der Waals surface area contributed by atoms with E-state index in [2.05, 4.69) is 21.2 Å². The van der Waals surface area contributed by atoms with Crippen molar-refractivity contribution in [3.63, 3.8) is 0 Å². The Morgan fingerprint density at radius 2 is 1.89 bits per heavy atom. The summed E-state index contributed by atoms with van der Waals surface area (Å²) < 4.78 is 0.716. The maximum atomic E-state index is 12.1. The Kier molecular flexibility index (Phi) is 3.89. The predicted molar refractivity (Wildman–Crippen MR) is 78.0 cm³/mol. The number of benzene rings is 2. The fourth-order valence-electron chi connectivity index (χ4n) is 1.50. The number of nitrogens with two attached hydrogens (primary N) is 1. The van der Waals surface area contributed by atoms with E-state index in [1.54, 1.807) is 36.4 Å². The number of nitrogen functional groups attached to an aromatic ring is 1. The molecular formula is C13H10BrClN2O. The van der Waals surface area contributed by atoms with E-state index in [4.69, 9.17) is 17.3 Å². The number of anilines is 2. The second-order valence-corrected chi connectivity index (χ2v) is 4.90. The van der Waals surface area contributed by atoms with Gasteiger partial charge in [-0.3, -0.25) is 4.79 Å². The highest BCUT2D eigenvalue weighted by molar-refractivity contribution is 9.10. The van der Waals surface area contributed by atoms with Crippen LogP contribution in [0.3, 0.4) is 0 Å². The maximum Gasteiger partial charge on any atom is 0.256 e. The number of rotatable bonds is 2. The van der Waals surface area contributed by atoms with Gasteiger partial charge in [0.15, 0.2) is 0 Å². The predicted octanol–water partition coefficient (Wildman–Crippen LogP) is 3.94. The van der Waals surface area contributed by atoms with Crippen molar-refractivity contribution in [3.05, 3.63) is 57.5 Å². The maximum absolute atomic E-state index is 12.1. The minimum atomic E-state index is -0.262. The first-order chi connectivity index (χ1) is 8.59. The number of hydrogen-bond acceptors (Lipinski definition) is 2. The molecule has 92 valence electrons. The summed E-state index contributed by atoms with van der Waals surface area (Å²) in [5.41, 5.74) is 7.16. The van der Waals surface area contributed by atoms with Gasteiger partial charge >= 0.3 is 0 Å². The monoisotopic (exact) mass is 324 g/mol. The molecule has 0 bridgehead atoms. The third-order valence-electron chi connectivity index (χ3n) is 2.40. The Balaban J connectivity index is 2.30. The molecule has 3 N–H and O–H groups in total. The molecule has 0 radical (unpaired) electrons. The zero-order chi connectivity index (χ0) is 13.1. The fourth-order valence-corrected chi connectivity index (χ4v) is 2.19. The number of para-hydroxylation sites is 1. The average Bonchev–Trinajstić information content (AvgIpc) is 2.34. The smallest absolute Gasteiger partial charge is 0.256 e. The van der Waals surface area contributed by atoms with Crippen LogP contribution in [0.15, 0.2) is 46.9 Å². The lowest BCUT2D eigenvalue weighted by Crippen LogP contribution is -2.14. The fraction of sp³-hybridized carbons (Fsp3) is 0. The van der Waals surface area contributed by atoms with Crippen LogP contribution in [0, 0.1) is 0 Å². The van der Waals surface area contributed by atoms with Crippen molar-refractivity contribution in [2.24, 2.45) is 0 Å². The molecule has 1 amide bonds. The van der Waals surface area contributed by atoms with Crippen LogP contribution in [0.5, 0.6) is 0 Å². The molecule has 0 aliphatic rings. The summed E-state index contributed by atoms with van der Waals surface area (Å²) in [6.07, 6.45) is 0. The first kappa shape index (κ1) is 12.9. The molecule has 0 aliphatic heterocycles. The molecule has 0 unspecified atom stereocenters. The minimum absolute atomic E-state index is 0.262. The molecule has 18 heavy (non-hydrogen) atoms. The van der Waals surface area contributed by atoms with E-state index in [-0.39, 0.29) is 5.91 Å². The summed E-state index contributed by atoms with van der Waals surface area (Å²) in [6, 6.07) is 12.2. The average molecular weight is 326 g/mol. The molecule has 0 aliphatic carbocycles. The molecule has 2 aromatic rings. The quantitative estimate of drug-likeness (QED) is 0.822. The minimum Gasteiger partial charge on any atom is -0.397 e. The lowest BCUT2D eigenvalue weighted by Gasteiger charge is -2.10. The van der Waals surface area contributed by atoms with Crippen molar-refractivity contribution in [1.82, 2.24) is 0 Å². The Labute approximate surface area is 118 Å². The molecule has 2 aromatic carbocycles. The molecule has 0 fully saturated rings. The van der Waals surface area contributed by atoms with E-state index >= 15 is 0 Å². The molecule has 0 aromatic heterocycles. The number of carbonyl (C=O) groups is 1. The highest BCUT2D eigenvalue weighted by Crippen LogP contribution is 2.29. The lowest BCUT2D eigenvalue weighted by molar-refractivity contribution is 0.102. The van der Waals surface area contributed by atoms with Gasteiger partial charge in [-0.15, -0.1) is 0 Å². The van der Waals surface area contributed by atoms with Gasteiger partial charge in [0.1, 0.15) is 0 Å². The SMILES string of the molecule is Nc1cccc(Cl)c1NC(=O)c1ccccc1Br. The Bertz CT molecular complexity index is 581. The van der Waals surface area contributed by atoms with Crippen molar-refractivity contribution in [2.75, 3.05) is 11.1 Å². The molecule has 0 atom stereocenters. The summed E-state index contributed by atoms with van der Waals surface area (Å²) in [6.45, 7) is 0. The highest BCUT2D eigenvalue weighted by atomic mass is 79.9. The number of carbonyl (C=O) groups excluding carboxylic acids is 1. The van der Waals surface area contributed by atoms with Gasteiger partial charge in [-0.1, -0.05) is 29.8 Å². The van der Waals surface area contributed by atoms with Crippen molar-refractivity contribution in [1.29, 1.82) is 0 Å². The van der Waals surface area contributed by atoms with Crippen LogP contribution in [0.1, 0.15) is 10.4 Å². The topological polar surface area (TPSA) is 55.1 Å². The first-order valence-corrected chi connectivity index (χ1v) is 6.36. The van der Waals surface area contributed by atoms with E-state index in [0.717, 1.165) is 0 Å². The van der Waals surface area contributed by atoms with Crippen molar-refractivity contribution >= 4 is 44.8 Å². The van der Waals surface area contributed by atoms with E-state index in [1.165, 1.54) is 0 Å². The summed E-state index contributed by atoms with van der Waals surface area (Å²) >= 11 is 9.32. The molecular weight excluding hydrogens is 316 g/mol. The largest absolute Gasteiger partial charge is 0.397 e. The van der Waals surface area contributed by atoms with Crippen LogP contribution in [-0.2, 0) is 0 Å². The van der Waals surface area contributed by atoms with E-state index in [9.17, 15) is 4.79 Å². The van der Waals surface area contributed by atoms with Crippen LogP contribution >= 0.6 is 27.5 Å². The van der Waals surface area contributed by atoms with Crippen LogP contribution in [0.25, 0.3) is 0 Å². The zero-order valence-electron chi connectivity index (χ0n) is 9.28. The second kappa shape index (κ2) is 5.42. The van der Waals surface area contributed by atoms with Gasteiger partial charge in [-0.2, -0.15) is 0 Å². The van der Waals surface area contributed by atoms with Crippen LogP contribution in [0.4, 0.5) is 11.4 Å². The summed E-state index contributed by atoms with van der Waals surface area (Å²) in [4.78, 5) is 12.1. The normalized spacial score (nSPS) is 10.1. The third kappa shape index (κ3) is 2.66. The van der Waals surface area contributed by atoms with Gasteiger partial charge in [-0.25, -0.2) is 0 Å². The molecule has 0 heterocycles. The van der Waals surface area contributed by atoms with E-state index < -0.39 is 0 Å². The molecule has 5 heteroatoms. The molecule has 0 spiro atoms. The van der Waals surface area contributed by atoms with Gasteiger partial charge in [0, 0.05) is 4.47 Å². The Hall–Kier alpha value is -1.52. The molecule has 0 saturated heterocycles. The van der Waals surface area contributed by atoms with Gasteiger partial charge in [0.05, 0.1) is 22.0 Å². The summed E-state index contributed by atoms with van der Waals surface area (Å²) in [5.74, 6) is -0.262. The van der Waals surface area contributed by atoms with Gasteiger partial charge in [0.25, 0.3) is 5.91 Å². The molecule has 2 rings (SSSR count). The summed E-state index contributed by atoms with van der Waals surface area (Å²) in [7, 11) is 0. The van der Waals surface area contributed by atoms with Gasteiger partial charge < -0.3 is 11.1 Å². The van der Waals surface area contributed by atoms with E-state index in [0.29, 0.717) is 26.4 Å². The second-order valence-electron chi connectivity index (χ2n) is 3.64. The highest BCUT2D eigenvalue weighted by Gasteiger charge is 2.12. The van der Waals surface area contributed by atoms with Crippen molar-refractivity contribution in [3.8, 4) is 0 Å². The van der Waals surface area contributed by atoms with E-state index in [1.807, 2.05) is 6.07 Å². The van der Waals surface area contributed by atoms with Crippen LogP contribution in [-0.4, -0.2) is 5.91 Å². The zero-order valence-corrected chi connectivity index (χ0v) is 11.6. The van der Waals surface area contributed by atoms with Gasteiger partial charge in [-0.05, 0) is 40.2 Å². The standard InChI is InChI=1S/C13H10BrClN2O/c14-9-5-2-1-4-8(9)13(18)17-12-10(15)6-3-7-11(12)16/h1-7H,16H2,(H,17,18). The number of halogens is 2. The Morgan fingerprint density at radius 1 is 1.17 bits per heavy atom. The third-order valence-corrected chi connectivity index (χ3v) is 3.41. The van der Waals surface area contributed by atoms with Crippen LogP contribution < -0.4 is 11.1 Å². The van der Waals surface area contributed by atoms with Crippen LogP contribution in [0.2, 0.25) is 5.02 Å². The molecule has 0 saturated carbocycles. The number of nitrogens with one attached hydrogen (secondary N) is 1. The number of amides is 1. The lowest BCUT2D eigenvalue weighted by atomic mass is 10.2. The van der Waals surface area contributed by atoms with Gasteiger partial charge in [0.2, 0.25) is 0 Å². The first-order valence-electron chi connectivity index (χ1n) is 5.19. The Morgan fingerprint density at radius 3 is 2.56 bits per heavy atom. The van der Waals surface area contributed by atoms with Crippen molar-refractivity contribution < 1.29 is 4.79 Å². The number of hydrogen-bond donors (Lipinski definition) is 2. The molecule has 3 nitrogen and oxygen atoms in total. The summed E-state index contributed by atoms with van der Waals surface area (Å²) in [5, 5.41) is 3.12. The van der Waals surface area contributed by atoms with Crippen molar-refractivity contribution in [2.45, 2.75) is 0 Å².